The van der Waals surface area contributed by atoms with E-state index in [4.69, 9.17) is 0 Å². The maximum Gasteiger partial charge on any atom is 0.189 e. The number of nitrogens with one attached hydrogen (secondary N) is 1. The van der Waals surface area contributed by atoms with Gasteiger partial charge in [-0.1, -0.05) is 6.07 Å². The fourth-order valence-electron chi connectivity index (χ4n) is 3.50. The van der Waals surface area contributed by atoms with Gasteiger partial charge in [0.2, 0.25) is 0 Å². The van der Waals surface area contributed by atoms with Crippen LogP contribution in [0.2, 0.25) is 0 Å². The van der Waals surface area contributed by atoms with Gasteiger partial charge in [0.25, 0.3) is 0 Å². The van der Waals surface area contributed by atoms with Crippen LogP contribution in [0.15, 0.2) is 41.5 Å². The van der Waals surface area contributed by atoms with Crippen molar-refractivity contribution in [2.45, 2.75) is 32.7 Å². The van der Waals surface area contributed by atoms with Crippen LogP contribution in [0.4, 0.5) is 5.82 Å². The molecule has 2 aromatic heterocycles. The highest BCUT2D eigenvalue weighted by Gasteiger charge is 2.25. The Morgan fingerprint density at radius 2 is 2.00 bits per heavy atom. The Bertz CT molecular complexity index is 1000. The van der Waals surface area contributed by atoms with E-state index in [2.05, 4.69) is 34.8 Å². The smallest absolute Gasteiger partial charge is 0.189 e. The van der Waals surface area contributed by atoms with Gasteiger partial charge in [-0.15, -0.1) is 0 Å². The van der Waals surface area contributed by atoms with Crippen LogP contribution < -0.4 is 10.7 Å². The average Bonchev–Trinajstić information content (AvgIpc) is 3.41. The fourth-order valence-corrected chi connectivity index (χ4v) is 3.50. The number of aromatic nitrogens is 2. The van der Waals surface area contributed by atoms with Gasteiger partial charge in [0, 0.05) is 42.5 Å². The van der Waals surface area contributed by atoms with Crippen molar-refractivity contribution >= 4 is 16.7 Å². The monoisotopic (exact) mass is 319 g/mol. The molecule has 4 rings (SSSR count). The molecule has 1 aliphatic carbocycles. The third-order valence-corrected chi connectivity index (χ3v) is 4.91. The second-order valence-corrected chi connectivity index (χ2v) is 6.59. The number of fused-ring (bicyclic) bond motifs is 1. The Labute approximate surface area is 141 Å². The SMILES string of the molecule is CNc1ncc(-c2ccc3c(=O)ccn(C4CC4)c3c2C)cc1C. The maximum absolute atomic E-state index is 12.3. The van der Waals surface area contributed by atoms with Crippen molar-refractivity contribution in [1.82, 2.24) is 9.55 Å². The maximum atomic E-state index is 12.3. The van der Waals surface area contributed by atoms with Crippen molar-refractivity contribution in [3.8, 4) is 11.1 Å². The van der Waals surface area contributed by atoms with Crippen molar-refractivity contribution in [3.63, 3.8) is 0 Å². The molecule has 1 aromatic carbocycles. The van der Waals surface area contributed by atoms with E-state index in [9.17, 15) is 4.79 Å². The molecule has 0 aliphatic heterocycles. The molecule has 0 spiro atoms. The minimum absolute atomic E-state index is 0.0939. The first-order valence-electron chi connectivity index (χ1n) is 8.39. The van der Waals surface area contributed by atoms with Gasteiger partial charge >= 0.3 is 0 Å². The summed E-state index contributed by atoms with van der Waals surface area (Å²) >= 11 is 0. The lowest BCUT2D eigenvalue weighted by atomic mass is 9.97. The van der Waals surface area contributed by atoms with Gasteiger partial charge < -0.3 is 9.88 Å². The number of rotatable bonds is 3. The third-order valence-electron chi connectivity index (χ3n) is 4.91. The summed E-state index contributed by atoms with van der Waals surface area (Å²) in [5.74, 6) is 0.895. The Morgan fingerprint density at radius 1 is 1.21 bits per heavy atom. The molecule has 3 aromatic rings. The molecule has 1 fully saturated rings. The standard InChI is InChI=1S/C20H21N3O/c1-12-10-14(11-22-20(12)21-3)16-6-7-17-18(24)8-9-23(15-4-5-15)19(17)13(16)2/h6-11,15H,4-5H2,1-3H3,(H,21,22). The number of pyridine rings is 2. The van der Waals surface area contributed by atoms with Crippen LogP contribution in [0.25, 0.3) is 22.0 Å². The quantitative estimate of drug-likeness (QED) is 0.792. The second-order valence-electron chi connectivity index (χ2n) is 6.59. The molecule has 1 aliphatic rings. The van der Waals surface area contributed by atoms with Crippen molar-refractivity contribution < 1.29 is 0 Å². The van der Waals surface area contributed by atoms with E-state index >= 15 is 0 Å². The van der Waals surface area contributed by atoms with Gasteiger partial charge in [0.15, 0.2) is 5.43 Å². The van der Waals surface area contributed by atoms with Crippen LogP contribution in [0, 0.1) is 13.8 Å². The van der Waals surface area contributed by atoms with Crippen molar-refractivity contribution in [1.29, 1.82) is 0 Å². The summed E-state index contributed by atoms with van der Waals surface area (Å²) in [7, 11) is 1.88. The third kappa shape index (κ3) is 2.30. The zero-order chi connectivity index (χ0) is 16.8. The van der Waals surface area contributed by atoms with Gasteiger partial charge in [-0.2, -0.15) is 0 Å². The first kappa shape index (κ1) is 14.9. The van der Waals surface area contributed by atoms with Gasteiger partial charge in [0.1, 0.15) is 5.82 Å². The minimum Gasteiger partial charge on any atom is -0.373 e. The van der Waals surface area contributed by atoms with E-state index in [1.54, 1.807) is 6.07 Å². The van der Waals surface area contributed by atoms with Gasteiger partial charge in [0.05, 0.1) is 5.52 Å². The highest BCUT2D eigenvalue weighted by atomic mass is 16.1. The first-order valence-corrected chi connectivity index (χ1v) is 8.39. The summed E-state index contributed by atoms with van der Waals surface area (Å²) in [6.45, 7) is 4.16. The fraction of sp³-hybridized carbons (Fsp3) is 0.300. The van der Waals surface area contributed by atoms with Crippen LogP contribution in [-0.4, -0.2) is 16.6 Å². The predicted octanol–water partition coefficient (Wildman–Crippen LogP) is 4.06. The number of hydrogen-bond donors (Lipinski definition) is 1. The molecular weight excluding hydrogens is 298 g/mol. The lowest BCUT2D eigenvalue weighted by Gasteiger charge is -2.16. The molecule has 0 radical (unpaired) electrons. The van der Waals surface area contributed by atoms with E-state index in [-0.39, 0.29) is 5.43 Å². The minimum atomic E-state index is 0.0939. The molecule has 0 atom stereocenters. The summed E-state index contributed by atoms with van der Waals surface area (Å²) in [5, 5.41) is 3.91. The topological polar surface area (TPSA) is 46.9 Å². The lowest BCUT2D eigenvalue weighted by Crippen LogP contribution is -2.09. The van der Waals surface area contributed by atoms with E-state index in [1.807, 2.05) is 31.6 Å². The molecule has 0 saturated heterocycles. The molecule has 24 heavy (non-hydrogen) atoms. The van der Waals surface area contributed by atoms with Crippen LogP contribution in [0.5, 0.6) is 0 Å². The largest absolute Gasteiger partial charge is 0.373 e. The molecule has 4 nitrogen and oxygen atoms in total. The molecule has 0 amide bonds. The molecular formula is C20H21N3O. The summed E-state index contributed by atoms with van der Waals surface area (Å²) in [6, 6.07) is 8.38. The molecule has 1 saturated carbocycles. The van der Waals surface area contributed by atoms with Crippen LogP contribution in [-0.2, 0) is 0 Å². The second kappa shape index (κ2) is 5.48. The molecule has 4 heteroatoms. The summed E-state index contributed by atoms with van der Waals surface area (Å²) in [4.78, 5) is 16.8. The lowest BCUT2D eigenvalue weighted by molar-refractivity contribution is 0.764. The van der Waals surface area contributed by atoms with Crippen molar-refractivity contribution in [2.75, 3.05) is 12.4 Å². The molecule has 0 unspecified atom stereocenters. The average molecular weight is 319 g/mol. The van der Waals surface area contributed by atoms with E-state index in [0.29, 0.717) is 6.04 Å². The Kier molecular flexibility index (Phi) is 3.41. The number of aryl methyl sites for hydroxylation is 2. The highest BCUT2D eigenvalue weighted by molar-refractivity contribution is 5.89. The van der Waals surface area contributed by atoms with Gasteiger partial charge in [-0.05, 0) is 55.5 Å². The molecule has 1 N–H and O–H groups in total. The van der Waals surface area contributed by atoms with Crippen LogP contribution >= 0.6 is 0 Å². The zero-order valence-corrected chi connectivity index (χ0v) is 14.3. The molecule has 0 bridgehead atoms. The number of anilines is 1. The number of hydrogen-bond acceptors (Lipinski definition) is 3. The van der Waals surface area contributed by atoms with Gasteiger partial charge in [-0.3, -0.25) is 4.79 Å². The van der Waals surface area contributed by atoms with Crippen LogP contribution in [0.3, 0.4) is 0 Å². The number of benzene rings is 1. The van der Waals surface area contributed by atoms with Crippen molar-refractivity contribution in [3.05, 3.63) is 58.0 Å². The number of nitrogens with zero attached hydrogens (tertiary/aromatic N) is 2. The zero-order valence-electron chi connectivity index (χ0n) is 14.3. The summed E-state index contributed by atoms with van der Waals surface area (Å²) < 4.78 is 2.28. The normalized spacial score (nSPS) is 14.1. The van der Waals surface area contributed by atoms with Crippen LogP contribution in [0.1, 0.15) is 30.0 Å². The summed E-state index contributed by atoms with van der Waals surface area (Å²) in [6.07, 6.45) is 6.24. The Morgan fingerprint density at radius 3 is 2.67 bits per heavy atom. The first-order chi connectivity index (χ1) is 11.6. The summed E-state index contributed by atoms with van der Waals surface area (Å²) in [5.41, 5.74) is 5.65. The Hall–Kier alpha value is -2.62. The van der Waals surface area contributed by atoms with Crippen molar-refractivity contribution in [2.24, 2.45) is 0 Å². The highest BCUT2D eigenvalue weighted by Crippen LogP contribution is 2.38. The Balaban J connectivity index is 1.97. The van der Waals surface area contributed by atoms with Gasteiger partial charge in [-0.25, -0.2) is 4.98 Å². The van der Waals surface area contributed by atoms with E-state index in [1.165, 1.54) is 12.8 Å². The van der Waals surface area contributed by atoms with E-state index in [0.717, 1.165) is 39.0 Å². The molecule has 2 heterocycles. The predicted molar refractivity (Wildman–Crippen MR) is 98.7 cm³/mol. The van der Waals surface area contributed by atoms with E-state index < -0.39 is 0 Å². The molecule has 122 valence electrons.